The van der Waals surface area contributed by atoms with Crippen LogP contribution in [0.2, 0.25) is 0 Å². The molecule has 2 aromatic rings. The highest BCUT2D eigenvalue weighted by Gasteiger charge is 2.27. The summed E-state index contributed by atoms with van der Waals surface area (Å²) >= 11 is 1.50. The Balaban J connectivity index is 1.55. The zero-order valence-corrected chi connectivity index (χ0v) is 38.7. The van der Waals surface area contributed by atoms with Crippen molar-refractivity contribution in [2.75, 3.05) is 6.54 Å². The number of alkyl carbamates (subject to hydrolysis) is 1. The molecule has 0 aliphatic rings. The molecule has 0 bridgehead atoms. The number of carboxylic acid groups (broad SMARTS) is 1. The number of hydrogen-bond acceptors (Lipinski definition) is 10. The molecule has 2 atom stereocenters. The van der Waals surface area contributed by atoms with Crippen LogP contribution in [0.5, 0.6) is 0 Å². The van der Waals surface area contributed by atoms with Gasteiger partial charge in [-0.2, -0.15) is 0 Å². The zero-order valence-electron chi connectivity index (χ0n) is 37.8. The predicted octanol–water partition coefficient (Wildman–Crippen LogP) is 10.1. The van der Waals surface area contributed by atoms with Crippen molar-refractivity contribution in [3.63, 3.8) is 0 Å². The third-order valence-electron chi connectivity index (χ3n) is 9.80. The second-order valence-corrected chi connectivity index (χ2v) is 19.1. The van der Waals surface area contributed by atoms with Crippen molar-refractivity contribution >= 4 is 57.2 Å². The highest BCUT2D eigenvalue weighted by Crippen LogP contribution is 2.26. The average molecular weight is 874 g/mol. The molecule has 0 unspecified atom stereocenters. The van der Waals surface area contributed by atoms with E-state index in [2.05, 4.69) is 16.0 Å². The van der Waals surface area contributed by atoms with Crippen LogP contribution in [0.4, 0.5) is 4.79 Å². The largest absolute Gasteiger partial charge is 0.480 e. The Morgan fingerprint density at radius 1 is 0.623 bits per heavy atom. The normalized spacial score (nSPS) is 12.6. The van der Waals surface area contributed by atoms with Crippen LogP contribution < -0.4 is 16.0 Å². The van der Waals surface area contributed by atoms with Crippen LogP contribution in [-0.2, 0) is 44.8 Å². The molecule has 0 fully saturated rings. The monoisotopic (exact) mass is 874 g/mol. The van der Waals surface area contributed by atoms with Crippen LogP contribution in [0, 0.1) is 0 Å². The third-order valence-corrected chi connectivity index (χ3v) is 10.9. The zero-order chi connectivity index (χ0) is 45.1. The molecule has 0 spiro atoms. The van der Waals surface area contributed by atoms with E-state index >= 15 is 0 Å². The number of carboxylic acids is 1. The summed E-state index contributed by atoms with van der Waals surface area (Å²) in [7, 11) is 0. The van der Waals surface area contributed by atoms with Crippen LogP contribution in [0.1, 0.15) is 181 Å². The first-order valence-corrected chi connectivity index (χ1v) is 23.4. The van der Waals surface area contributed by atoms with Gasteiger partial charge in [-0.3, -0.25) is 14.4 Å². The molecule has 1 aromatic carbocycles. The van der Waals surface area contributed by atoms with Crippen molar-refractivity contribution < 1.29 is 48.1 Å². The van der Waals surface area contributed by atoms with E-state index in [1.807, 2.05) is 51.1 Å². The molecule has 1 heterocycles. The number of carbonyl (C=O) groups is 6. The van der Waals surface area contributed by atoms with Crippen molar-refractivity contribution in [2.24, 2.45) is 0 Å². The number of nitrogens with one attached hydrogen (secondary N) is 3. The molecule has 0 radical (unpaired) electrons. The summed E-state index contributed by atoms with van der Waals surface area (Å²) in [6.45, 7) is 11.2. The van der Waals surface area contributed by atoms with Gasteiger partial charge in [-0.1, -0.05) is 95.2 Å². The molecule has 61 heavy (non-hydrogen) atoms. The van der Waals surface area contributed by atoms with E-state index in [9.17, 15) is 33.9 Å². The van der Waals surface area contributed by atoms with Crippen molar-refractivity contribution in [3.05, 3.63) is 35.2 Å². The van der Waals surface area contributed by atoms with Gasteiger partial charge >= 0.3 is 24.0 Å². The minimum Gasteiger partial charge on any atom is -0.480 e. The van der Waals surface area contributed by atoms with Gasteiger partial charge in [0.25, 0.3) is 0 Å². The minimum atomic E-state index is -1.18. The minimum absolute atomic E-state index is 0.00742. The molecule has 0 saturated heterocycles. The third kappa shape index (κ3) is 26.7. The Kier molecular flexibility index (Phi) is 25.3. The molecule has 0 aliphatic carbocycles. The predicted molar refractivity (Wildman–Crippen MR) is 240 cm³/mol. The average Bonchev–Trinajstić information content (AvgIpc) is 3.59. The number of carbonyl (C=O) groups excluding carboxylic acids is 5. The molecule has 14 heteroatoms. The van der Waals surface area contributed by atoms with Crippen LogP contribution in [-0.4, -0.2) is 70.8 Å². The summed E-state index contributed by atoms with van der Waals surface area (Å²) in [5.74, 6) is -2.41. The fourth-order valence-electron chi connectivity index (χ4n) is 6.71. The lowest BCUT2D eigenvalue weighted by Crippen LogP contribution is -2.44. The molecule has 0 saturated carbocycles. The van der Waals surface area contributed by atoms with Gasteiger partial charge in [-0.25, -0.2) is 14.4 Å². The van der Waals surface area contributed by atoms with Crippen molar-refractivity contribution in [3.8, 4) is 0 Å². The number of unbranched alkanes of at least 4 members (excludes halogenated alkanes) is 14. The van der Waals surface area contributed by atoms with Crippen molar-refractivity contribution in [1.29, 1.82) is 0 Å². The molecular weight excluding hydrogens is 799 g/mol. The topological polar surface area (TPSA) is 186 Å². The van der Waals surface area contributed by atoms with Gasteiger partial charge in [0.1, 0.15) is 29.9 Å². The Hall–Kier alpha value is -4.20. The lowest BCUT2D eigenvalue weighted by atomic mass is 10.0. The standard InChI is InChI=1S/C47H75N3O10S/c1-46(2,3)59-42(53)29-20-18-16-14-12-10-8-7-9-11-13-15-17-19-28-41(52)49-38(44(56)60-47(4,5)6)30-31-40(51)48-32-24-23-26-37(43(54)55)50-45(57)58-34-36-33-35-25-21-22-27-39(35)61-36/h21-22,25,27,33,37-38H,7-20,23-24,26,28-32,34H2,1-6H3,(H,48,51)(H,49,52)(H,50,57)(H,54,55)/t37-,38-/m0/s1. The number of aliphatic carboxylic acids is 1. The number of thiophene rings is 1. The van der Waals surface area contributed by atoms with E-state index in [-0.39, 0.29) is 50.2 Å². The lowest BCUT2D eigenvalue weighted by Gasteiger charge is -2.24. The first kappa shape index (κ1) is 52.9. The van der Waals surface area contributed by atoms with E-state index in [1.165, 1.54) is 62.7 Å². The van der Waals surface area contributed by atoms with Gasteiger partial charge in [0, 0.05) is 35.4 Å². The highest BCUT2D eigenvalue weighted by molar-refractivity contribution is 7.19. The maximum Gasteiger partial charge on any atom is 0.408 e. The Bertz CT molecular complexity index is 1600. The second-order valence-electron chi connectivity index (χ2n) is 17.9. The summed E-state index contributed by atoms with van der Waals surface area (Å²) in [6.07, 6.45) is 16.7. The number of ether oxygens (including phenoxy) is 3. The van der Waals surface area contributed by atoms with Crippen molar-refractivity contribution in [1.82, 2.24) is 16.0 Å². The smallest absolute Gasteiger partial charge is 0.408 e. The second kappa shape index (κ2) is 29.2. The maximum absolute atomic E-state index is 13.0. The van der Waals surface area contributed by atoms with Gasteiger partial charge in [0.2, 0.25) is 11.8 Å². The van der Waals surface area contributed by atoms with E-state index in [0.29, 0.717) is 25.7 Å². The number of hydrogen-bond donors (Lipinski definition) is 4. The Labute approximate surface area is 368 Å². The van der Waals surface area contributed by atoms with Crippen LogP contribution in [0.25, 0.3) is 10.1 Å². The molecule has 4 N–H and O–H groups in total. The van der Waals surface area contributed by atoms with Crippen LogP contribution in [0.15, 0.2) is 30.3 Å². The SMILES string of the molecule is CC(C)(C)OC(=O)CCCCCCCCCCCCCCCCC(=O)N[C@@H](CCC(=O)NCCCC[C@H](NC(=O)OCc1cc2ccccc2s1)C(=O)O)C(=O)OC(C)(C)C. The fraction of sp³-hybridized carbons (Fsp3) is 0.702. The van der Waals surface area contributed by atoms with Crippen LogP contribution >= 0.6 is 11.3 Å². The lowest BCUT2D eigenvalue weighted by molar-refractivity contribution is -0.159. The Morgan fingerprint density at radius 2 is 1.18 bits per heavy atom. The summed E-state index contributed by atoms with van der Waals surface area (Å²) in [5.41, 5.74) is -1.17. The maximum atomic E-state index is 13.0. The molecular formula is C47H75N3O10S. The molecule has 13 nitrogen and oxygen atoms in total. The van der Waals surface area contributed by atoms with E-state index in [1.54, 1.807) is 20.8 Å². The van der Waals surface area contributed by atoms with E-state index < -0.39 is 41.3 Å². The van der Waals surface area contributed by atoms with Crippen molar-refractivity contribution in [2.45, 2.75) is 206 Å². The van der Waals surface area contributed by atoms with Crippen LogP contribution in [0.3, 0.4) is 0 Å². The molecule has 0 aliphatic heterocycles. The molecule has 1 aromatic heterocycles. The van der Waals surface area contributed by atoms with E-state index in [4.69, 9.17) is 14.2 Å². The fourth-order valence-corrected chi connectivity index (χ4v) is 7.69. The summed E-state index contributed by atoms with van der Waals surface area (Å²) in [4.78, 5) is 75.1. The van der Waals surface area contributed by atoms with Gasteiger partial charge in [-0.15, -0.1) is 11.3 Å². The van der Waals surface area contributed by atoms with Gasteiger partial charge in [0.15, 0.2) is 0 Å². The Morgan fingerprint density at radius 3 is 1.74 bits per heavy atom. The van der Waals surface area contributed by atoms with Gasteiger partial charge in [0.05, 0.1) is 0 Å². The van der Waals surface area contributed by atoms with E-state index in [0.717, 1.165) is 53.5 Å². The number of fused-ring (bicyclic) bond motifs is 1. The number of rotatable bonds is 31. The summed E-state index contributed by atoms with van der Waals surface area (Å²) in [6, 6.07) is 7.65. The summed E-state index contributed by atoms with van der Waals surface area (Å²) in [5, 5.41) is 18.6. The molecule has 3 amide bonds. The van der Waals surface area contributed by atoms with Gasteiger partial charge < -0.3 is 35.3 Å². The quantitative estimate of drug-likeness (QED) is 0.0323. The first-order chi connectivity index (χ1) is 28.9. The molecule has 2 rings (SSSR count). The number of amides is 3. The number of benzene rings is 1. The van der Waals surface area contributed by atoms with Gasteiger partial charge in [-0.05, 0) is 97.6 Å². The highest BCUT2D eigenvalue weighted by atomic mass is 32.1. The number of esters is 2. The summed E-state index contributed by atoms with van der Waals surface area (Å²) < 4.78 is 17.2. The first-order valence-electron chi connectivity index (χ1n) is 22.6. The molecule has 344 valence electrons.